The second kappa shape index (κ2) is 16.0. The lowest BCUT2D eigenvalue weighted by atomic mass is 10.2. The molecule has 0 aliphatic heterocycles. The Hall–Kier alpha value is -3.63. The summed E-state index contributed by atoms with van der Waals surface area (Å²) in [5.74, 6) is 0.899. The molecule has 0 saturated heterocycles. The minimum atomic E-state index is -4.16. The van der Waals surface area contributed by atoms with E-state index in [-0.39, 0.29) is 11.9 Å². The quantitative estimate of drug-likeness (QED) is 0.0748. The highest BCUT2D eigenvalue weighted by molar-refractivity contribution is 7.99. The van der Waals surface area contributed by atoms with E-state index in [2.05, 4.69) is 15.0 Å². The lowest BCUT2D eigenvalue weighted by Gasteiger charge is -2.24. The Labute approximate surface area is 276 Å². The van der Waals surface area contributed by atoms with Gasteiger partial charge in [-0.2, -0.15) is 4.98 Å². The maximum Gasteiger partial charge on any atom is 0.510 e. The summed E-state index contributed by atoms with van der Waals surface area (Å²) in [6.45, 7) is 7.35. The van der Waals surface area contributed by atoms with Crippen LogP contribution in [0.5, 0.6) is 5.75 Å². The Morgan fingerprint density at radius 1 is 1.04 bits per heavy atom. The molecule has 0 spiro atoms. The zero-order valence-corrected chi connectivity index (χ0v) is 28.8. The van der Waals surface area contributed by atoms with E-state index >= 15 is 0 Å². The predicted molar refractivity (Wildman–Crippen MR) is 169 cm³/mol. The first kappa shape index (κ1) is 36.2. The van der Waals surface area contributed by atoms with Gasteiger partial charge in [-0.15, -0.1) is 0 Å². The minimum absolute atomic E-state index is 0.0753. The van der Waals surface area contributed by atoms with Crippen LogP contribution < -0.4 is 10.5 Å². The number of nitrogens with two attached hydrogens (primary N) is 1. The molecule has 16 nitrogen and oxygen atoms in total. The third-order valence-electron chi connectivity index (χ3n) is 6.86. The van der Waals surface area contributed by atoms with Crippen molar-refractivity contribution in [3.8, 4) is 5.75 Å². The average Bonchev–Trinajstić information content (AvgIpc) is 3.56. The summed E-state index contributed by atoms with van der Waals surface area (Å²) in [4.78, 5) is 38.0. The maximum atomic E-state index is 13.7. The molecule has 1 aliphatic carbocycles. The van der Waals surface area contributed by atoms with Crippen LogP contribution >= 0.6 is 19.4 Å². The first-order chi connectivity index (χ1) is 22.3. The van der Waals surface area contributed by atoms with Crippen LogP contribution in [0, 0.1) is 5.92 Å². The van der Waals surface area contributed by atoms with Crippen molar-refractivity contribution in [3.05, 3.63) is 30.6 Å². The SMILES string of the molecule is CCC1CC1(Cn1cnc2c(Sc3ccc(OC)cc3)nc(N)nc21)OCP(=O)(OCOC(=O)OC(C)C)OCOC(=O)OC(C)C. The van der Waals surface area contributed by atoms with E-state index in [0.29, 0.717) is 29.2 Å². The van der Waals surface area contributed by atoms with Gasteiger partial charge in [-0.05, 0) is 64.3 Å². The van der Waals surface area contributed by atoms with E-state index in [1.165, 1.54) is 11.8 Å². The highest BCUT2D eigenvalue weighted by Gasteiger charge is 2.56. The zero-order valence-electron chi connectivity index (χ0n) is 27.1. The summed E-state index contributed by atoms with van der Waals surface area (Å²) < 4.78 is 57.2. The Kier molecular flexibility index (Phi) is 12.3. The summed E-state index contributed by atoms with van der Waals surface area (Å²) in [6.07, 6.45) is -0.440. The molecular weight excluding hydrogens is 657 g/mol. The smallest absolute Gasteiger partial charge is 0.497 e. The molecule has 2 heterocycles. The number of nitrogens with zero attached hydrogens (tertiary/aromatic N) is 4. The van der Waals surface area contributed by atoms with E-state index in [1.807, 2.05) is 35.8 Å². The molecule has 1 fully saturated rings. The molecule has 18 heteroatoms. The van der Waals surface area contributed by atoms with Gasteiger partial charge >= 0.3 is 19.9 Å². The van der Waals surface area contributed by atoms with Gasteiger partial charge in [0.15, 0.2) is 5.65 Å². The van der Waals surface area contributed by atoms with Crippen molar-refractivity contribution < 1.29 is 51.6 Å². The lowest BCUT2D eigenvalue weighted by Crippen LogP contribution is -2.26. The molecular formula is C29H40N5O11PS. The normalized spacial score (nSPS) is 17.6. The van der Waals surface area contributed by atoms with Gasteiger partial charge < -0.3 is 38.7 Å². The second-order valence-corrected chi connectivity index (χ2v) is 14.1. The molecule has 3 aromatic rings. The maximum absolute atomic E-state index is 13.7. The van der Waals surface area contributed by atoms with Crippen molar-refractivity contribution >= 4 is 48.8 Å². The molecule has 2 aromatic heterocycles. The van der Waals surface area contributed by atoms with Crippen molar-refractivity contribution in [2.75, 3.05) is 32.8 Å². The molecule has 47 heavy (non-hydrogen) atoms. The number of nitrogen functional groups attached to an aromatic ring is 1. The zero-order chi connectivity index (χ0) is 34.2. The minimum Gasteiger partial charge on any atom is -0.497 e. The Bertz CT molecular complexity index is 1540. The van der Waals surface area contributed by atoms with Crippen molar-refractivity contribution in [1.29, 1.82) is 0 Å². The van der Waals surface area contributed by atoms with Crippen LogP contribution in [0.2, 0.25) is 0 Å². The molecule has 2 unspecified atom stereocenters. The topological polar surface area (TPSA) is 195 Å². The van der Waals surface area contributed by atoms with Crippen LogP contribution in [0.4, 0.5) is 15.5 Å². The van der Waals surface area contributed by atoms with Gasteiger partial charge in [-0.25, -0.2) is 19.6 Å². The third kappa shape index (κ3) is 10.2. The van der Waals surface area contributed by atoms with Crippen LogP contribution in [0.1, 0.15) is 47.5 Å². The van der Waals surface area contributed by atoms with Gasteiger partial charge in [0, 0.05) is 4.90 Å². The van der Waals surface area contributed by atoms with Gasteiger partial charge in [-0.1, -0.05) is 25.1 Å². The van der Waals surface area contributed by atoms with Gasteiger partial charge in [0.25, 0.3) is 0 Å². The first-order valence-electron chi connectivity index (χ1n) is 14.8. The Balaban J connectivity index is 1.49. The van der Waals surface area contributed by atoms with Gasteiger partial charge in [-0.3, -0.25) is 13.6 Å². The first-order valence-corrected chi connectivity index (χ1v) is 17.4. The predicted octanol–water partition coefficient (Wildman–Crippen LogP) is 5.98. The molecule has 2 atom stereocenters. The van der Waals surface area contributed by atoms with Crippen LogP contribution in [0.15, 0.2) is 40.5 Å². The molecule has 258 valence electrons. The molecule has 2 N–H and O–H groups in total. The largest absolute Gasteiger partial charge is 0.510 e. The summed E-state index contributed by atoms with van der Waals surface area (Å²) in [5, 5.41) is 0.576. The number of imidazole rings is 1. The molecule has 1 aliphatic rings. The number of fused-ring (bicyclic) bond motifs is 1. The third-order valence-corrected chi connectivity index (χ3v) is 9.28. The Morgan fingerprint density at radius 3 is 2.19 bits per heavy atom. The molecule has 0 amide bonds. The monoisotopic (exact) mass is 697 g/mol. The number of rotatable bonds is 17. The number of hydrogen-bond acceptors (Lipinski definition) is 16. The van der Waals surface area contributed by atoms with Gasteiger partial charge in [0.1, 0.15) is 22.6 Å². The fourth-order valence-corrected chi connectivity index (χ4v) is 6.48. The number of benzene rings is 1. The molecule has 4 rings (SSSR count). The fraction of sp³-hybridized carbons (Fsp3) is 0.552. The number of carbonyl (C=O) groups is 2. The summed E-state index contributed by atoms with van der Waals surface area (Å²) >= 11 is 1.39. The van der Waals surface area contributed by atoms with E-state index < -0.39 is 57.6 Å². The number of hydrogen-bond donors (Lipinski definition) is 1. The van der Waals surface area contributed by atoms with Crippen molar-refractivity contribution in [1.82, 2.24) is 19.5 Å². The standard InChI is InChI=1S/C29H40N5O11PS/c1-7-20-12-29(20,41-17-46(37,42-15-39-27(35)44-18(2)3)43-16-40-28(36)45-19(4)5)13-34-14-31-23-24(34)32-26(30)33-25(23)47-22-10-8-21(38-6)9-11-22/h8-11,14,18-20H,7,12-13,15-17H2,1-6H3,(H2,30,32,33). The molecule has 1 aromatic carbocycles. The fourth-order valence-electron chi connectivity index (χ4n) is 4.54. The summed E-state index contributed by atoms with van der Waals surface area (Å²) in [5.41, 5.74) is 6.37. The average molecular weight is 698 g/mol. The van der Waals surface area contributed by atoms with Crippen LogP contribution in [0.25, 0.3) is 11.2 Å². The van der Waals surface area contributed by atoms with Gasteiger partial charge in [0.05, 0.1) is 37.8 Å². The van der Waals surface area contributed by atoms with Crippen molar-refractivity contribution in [2.24, 2.45) is 5.92 Å². The molecule has 0 radical (unpaired) electrons. The van der Waals surface area contributed by atoms with E-state index in [0.717, 1.165) is 17.1 Å². The van der Waals surface area contributed by atoms with Crippen LogP contribution in [-0.2, 0) is 43.8 Å². The van der Waals surface area contributed by atoms with E-state index in [9.17, 15) is 14.2 Å². The van der Waals surface area contributed by atoms with E-state index in [1.54, 1.807) is 41.1 Å². The van der Waals surface area contributed by atoms with Gasteiger partial charge in [0.2, 0.25) is 19.5 Å². The molecule has 0 bridgehead atoms. The number of methoxy groups -OCH3 is 1. The lowest BCUT2D eigenvalue weighted by molar-refractivity contribution is -0.0408. The number of carbonyl (C=O) groups excluding carboxylic acids is 2. The Morgan fingerprint density at radius 2 is 1.66 bits per heavy atom. The highest BCUT2D eigenvalue weighted by atomic mass is 32.2. The summed E-state index contributed by atoms with van der Waals surface area (Å²) in [6, 6.07) is 7.51. The van der Waals surface area contributed by atoms with Crippen LogP contribution in [-0.4, -0.2) is 76.7 Å². The van der Waals surface area contributed by atoms with Crippen molar-refractivity contribution in [3.63, 3.8) is 0 Å². The number of ether oxygens (including phenoxy) is 6. The summed E-state index contributed by atoms with van der Waals surface area (Å²) in [7, 11) is -2.56. The highest BCUT2D eigenvalue weighted by Crippen LogP contribution is 2.56. The van der Waals surface area contributed by atoms with Crippen molar-refractivity contribution in [2.45, 2.75) is 81.7 Å². The number of aromatic nitrogens is 4. The second-order valence-electron chi connectivity index (χ2n) is 11.1. The van der Waals surface area contributed by atoms with Crippen LogP contribution in [0.3, 0.4) is 0 Å². The molecule has 1 saturated carbocycles. The number of anilines is 1. The van der Waals surface area contributed by atoms with E-state index in [4.69, 9.17) is 43.2 Å².